The molecule has 0 radical (unpaired) electrons. The number of aryl methyl sites for hydroxylation is 1. The zero-order chi connectivity index (χ0) is 22.8. The molecule has 1 aliphatic rings. The maximum Gasteiger partial charge on any atom is 0.352 e. The molecule has 0 atom stereocenters. The van der Waals surface area contributed by atoms with Gasteiger partial charge < -0.3 is 9.64 Å². The Balaban J connectivity index is 1.87. The van der Waals surface area contributed by atoms with Crippen LogP contribution in [0, 0.1) is 12.7 Å². The van der Waals surface area contributed by atoms with Crippen molar-refractivity contribution in [1.82, 2.24) is 19.2 Å². The minimum atomic E-state index is -0.815. The van der Waals surface area contributed by atoms with Crippen molar-refractivity contribution >= 4 is 17.5 Å². The SMILES string of the molecule is Cc1ccc(-n2nc(C(=O)N3CCOCC3)c(=O)n(Cc3ccc(F)cc3)c2=O)cc1Cl. The third kappa shape index (κ3) is 4.35. The zero-order valence-corrected chi connectivity index (χ0v) is 18.0. The van der Waals surface area contributed by atoms with Crippen molar-refractivity contribution in [2.45, 2.75) is 13.5 Å². The minimum absolute atomic E-state index is 0.149. The van der Waals surface area contributed by atoms with Crippen LogP contribution < -0.4 is 11.2 Å². The smallest absolute Gasteiger partial charge is 0.352 e. The van der Waals surface area contributed by atoms with Crippen molar-refractivity contribution < 1.29 is 13.9 Å². The van der Waals surface area contributed by atoms with E-state index < -0.39 is 23.0 Å². The lowest BCUT2D eigenvalue weighted by Gasteiger charge is -2.26. The standard InChI is InChI=1S/C22H20ClFN4O4/c1-14-2-7-17(12-18(14)23)28-22(31)27(13-15-3-5-16(24)6-4-15)21(30)19(25-28)20(29)26-8-10-32-11-9-26/h2-7,12H,8-11,13H2,1H3. The lowest BCUT2D eigenvalue weighted by Crippen LogP contribution is -2.48. The first-order chi connectivity index (χ1) is 15.3. The molecule has 2 heterocycles. The molecular formula is C22H20ClFN4O4. The number of halogens is 2. The molecule has 0 saturated carbocycles. The van der Waals surface area contributed by atoms with E-state index in [9.17, 15) is 18.8 Å². The Morgan fingerprint density at radius 1 is 1.12 bits per heavy atom. The van der Waals surface area contributed by atoms with Crippen molar-refractivity contribution in [3.8, 4) is 5.69 Å². The predicted octanol–water partition coefficient (Wildman–Crippen LogP) is 2.02. The van der Waals surface area contributed by atoms with Crippen molar-refractivity contribution in [2.24, 2.45) is 0 Å². The highest BCUT2D eigenvalue weighted by atomic mass is 35.5. The van der Waals surface area contributed by atoms with Crippen molar-refractivity contribution in [2.75, 3.05) is 26.3 Å². The van der Waals surface area contributed by atoms with E-state index in [-0.39, 0.29) is 12.2 Å². The van der Waals surface area contributed by atoms with E-state index in [0.717, 1.165) is 14.8 Å². The molecule has 1 fully saturated rings. The Morgan fingerprint density at radius 3 is 2.47 bits per heavy atom. The Hall–Kier alpha value is -3.30. The van der Waals surface area contributed by atoms with Gasteiger partial charge in [-0.1, -0.05) is 29.8 Å². The predicted molar refractivity (Wildman–Crippen MR) is 116 cm³/mol. The molecule has 10 heteroatoms. The second-order valence-corrected chi connectivity index (χ2v) is 7.81. The topological polar surface area (TPSA) is 86.4 Å². The number of hydrogen-bond acceptors (Lipinski definition) is 5. The highest BCUT2D eigenvalue weighted by Crippen LogP contribution is 2.18. The molecule has 2 aromatic carbocycles. The summed E-state index contributed by atoms with van der Waals surface area (Å²) >= 11 is 6.22. The van der Waals surface area contributed by atoms with E-state index in [1.807, 2.05) is 6.92 Å². The normalized spacial score (nSPS) is 13.9. The summed E-state index contributed by atoms with van der Waals surface area (Å²) in [5.41, 5.74) is -0.300. The monoisotopic (exact) mass is 458 g/mol. The molecule has 1 aliphatic heterocycles. The maximum atomic E-state index is 13.3. The van der Waals surface area contributed by atoms with Crippen LogP contribution in [-0.2, 0) is 11.3 Å². The van der Waals surface area contributed by atoms with Gasteiger partial charge in [-0.3, -0.25) is 14.2 Å². The summed E-state index contributed by atoms with van der Waals surface area (Å²) in [7, 11) is 0. The number of hydrogen-bond donors (Lipinski definition) is 0. The second kappa shape index (κ2) is 9.05. The van der Waals surface area contributed by atoms with E-state index >= 15 is 0 Å². The van der Waals surface area contributed by atoms with Crippen LogP contribution in [-0.4, -0.2) is 51.5 Å². The van der Waals surface area contributed by atoms with Crippen LogP contribution in [0.1, 0.15) is 21.6 Å². The van der Waals surface area contributed by atoms with Crippen LogP contribution in [0.5, 0.6) is 0 Å². The Morgan fingerprint density at radius 2 is 1.81 bits per heavy atom. The van der Waals surface area contributed by atoms with Gasteiger partial charge in [0.25, 0.3) is 11.5 Å². The van der Waals surface area contributed by atoms with Gasteiger partial charge in [-0.25, -0.2) is 9.18 Å². The van der Waals surface area contributed by atoms with E-state index in [0.29, 0.717) is 42.6 Å². The summed E-state index contributed by atoms with van der Waals surface area (Å²) in [5.74, 6) is -1.02. The van der Waals surface area contributed by atoms with Gasteiger partial charge >= 0.3 is 5.69 Å². The number of rotatable bonds is 4. The van der Waals surface area contributed by atoms with Gasteiger partial charge in [0, 0.05) is 18.1 Å². The van der Waals surface area contributed by atoms with E-state index in [2.05, 4.69) is 5.10 Å². The molecule has 0 unspecified atom stereocenters. The molecule has 0 N–H and O–H groups in total. The van der Waals surface area contributed by atoms with E-state index in [4.69, 9.17) is 16.3 Å². The second-order valence-electron chi connectivity index (χ2n) is 7.40. The number of morpholine rings is 1. The number of carbonyl (C=O) groups excluding carboxylic acids is 1. The number of amides is 1. The van der Waals surface area contributed by atoms with Gasteiger partial charge in [-0.05, 0) is 42.3 Å². The fourth-order valence-corrected chi connectivity index (χ4v) is 3.53. The average molecular weight is 459 g/mol. The molecule has 0 spiro atoms. The third-order valence-corrected chi connectivity index (χ3v) is 5.62. The van der Waals surface area contributed by atoms with E-state index in [1.165, 1.54) is 29.2 Å². The van der Waals surface area contributed by atoms with Gasteiger partial charge in [-0.2, -0.15) is 9.78 Å². The van der Waals surface area contributed by atoms with E-state index in [1.54, 1.807) is 18.2 Å². The van der Waals surface area contributed by atoms with Crippen LogP contribution >= 0.6 is 11.6 Å². The Kier molecular flexibility index (Phi) is 6.20. The Labute approximate surface area is 187 Å². The van der Waals surface area contributed by atoms with Gasteiger partial charge in [0.05, 0.1) is 25.4 Å². The highest BCUT2D eigenvalue weighted by molar-refractivity contribution is 6.31. The van der Waals surface area contributed by atoms with Crippen LogP contribution in [0.15, 0.2) is 52.1 Å². The lowest BCUT2D eigenvalue weighted by molar-refractivity contribution is 0.0295. The molecule has 3 aromatic rings. The maximum absolute atomic E-state index is 13.3. The summed E-state index contributed by atoms with van der Waals surface area (Å²) in [4.78, 5) is 40.9. The molecule has 4 rings (SSSR count). The number of carbonyl (C=O) groups is 1. The number of nitrogens with zero attached hydrogens (tertiary/aromatic N) is 4. The van der Waals surface area contributed by atoms with Crippen LogP contribution in [0.4, 0.5) is 4.39 Å². The fourth-order valence-electron chi connectivity index (χ4n) is 3.36. The molecule has 32 heavy (non-hydrogen) atoms. The quantitative estimate of drug-likeness (QED) is 0.597. The summed E-state index contributed by atoms with van der Waals surface area (Å²) < 4.78 is 20.5. The van der Waals surface area contributed by atoms with Gasteiger partial charge in [-0.15, -0.1) is 0 Å². The van der Waals surface area contributed by atoms with Crippen LogP contribution in [0.25, 0.3) is 5.69 Å². The third-order valence-electron chi connectivity index (χ3n) is 5.21. The zero-order valence-electron chi connectivity index (χ0n) is 17.3. The summed E-state index contributed by atoms with van der Waals surface area (Å²) in [6.45, 7) is 2.99. The van der Waals surface area contributed by atoms with Crippen LogP contribution in [0.3, 0.4) is 0 Å². The van der Waals surface area contributed by atoms with Crippen molar-refractivity contribution in [3.05, 3.63) is 91.0 Å². The lowest BCUT2D eigenvalue weighted by atomic mass is 10.2. The highest BCUT2D eigenvalue weighted by Gasteiger charge is 2.26. The molecular weight excluding hydrogens is 439 g/mol. The summed E-state index contributed by atoms with van der Waals surface area (Å²) in [6, 6.07) is 10.3. The molecule has 1 aromatic heterocycles. The average Bonchev–Trinajstić information content (AvgIpc) is 2.80. The number of benzene rings is 2. The van der Waals surface area contributed by atoms with Gasteiger partial charge in [0.2, 0.25) is 5.69 Å². The fraction of sp³-hybridized carbons (Fsp3) is 0.273. The van der Waals surface area contributed by atoms with Gasteiger partial charge in [0.1, 0.15) is 5.82 Å². The van der Waals surface area contributed by atoms with Crippen LogP contribution in [0.2, 0.25) is 5.02 Å². The van der Waals surface area contributed by atoms with Gasteiger partial charge in [0.15, 0.2) is 0 Å². The minimum Gasteiger partial charge on any atom is -0.378 e. The molecule has 8 nitrogen and oxygen atoms in total. The molecule has 166 valence electrons. The summed E-state index contributed by atoms with van der Waals surface area (Å²) in [5, 5.41) is 4.54. The first-order valence-corrected chi connectivity index (χ1v) is 10.3. The molecule has 1 amide bonds. The first kappa shape index (κ1) is 21.9. The molecule has 1 saturated heterocycles. The summed E-state index contributed by atoms with van der Waals surface area (Å²) in [6.07, 6.45) is 0. The largest absolute Gasteiger partial charge is 0.378 e. The molecule has 0 aliphatic carbocycles. The molecule has 0 bridgehead atoms. The number of aromatic nitrogens is 3. The van der Waals surface area contributed by atoms with Crippen molar-refractivity contribution in [3.63, 3.8) is 0 Å². The first-order valence-electron chi connectivity index (χ1n) is 9.97. The Bertz CT molecular complexity index is 1280. The van der Waals surface area contributed by atoms with Crippen molar-refractivity contribution in [1.29, 1.82) is 0 Å². The number of ether oxygens (including phenoxy) is 1.